The lowest BCUT2D eigenvalue weighted by Crippen LogP contribution is -2.67. The van der Waals surface area contributed by atoms with Gasteiger partial charge in [0.1, 0.15) is 0 Å². The molecular weight excluding hydrogens is 550 g/mol. The van der Waals surface area contributed by atoms with Gasteiger partial charge in [-0.1, -0.05) is 58.9 Å². The molecule has 0 saturated heterocycles. The number of hydrogen-bond donors (Lipinski definition) is 1. The highest BCUT2D eigenvalue weighted by atomic mass is 16.8. The van der Waals surface area contributed by atoms with Crippen LogP contribution in [0, 0.1) is 61.9 Å². The standard InChI is InChI=1S/C38H52NO5/c1-23(2)27-14-17-38(33(41)44-8)19-18-36(6)28(31(27)38)12-13-30-35(5)22-25(20-24-10-9-11-26(21-24)39(42)43)32(40)34(3,4)29(35)15-16-37(30,36)7/h9-11,20-21,27-31,42H,1,12-19,22H2,2-8H3/q-1/t27-,28+,29-,30+,31+,35+,36-,37-,38-/m1/s1. The van der Waals surface area contributed by atoms with Gasteiger partial charge in [0.05, 0.1) is 18.2 Å². The van der Waals surface area contributed by atoms with Crippen molar-refractivity contribution in [3.8, 4) is 0 Å². The Morgan fingerprint density at radius 2 is 1.75 bits per heavy atom. The molecule has 0 spiro atoms. The molecule has 0 heterocycles. The Kier molecular flexibility index (Phi) is 7.37. The highest BCUT2D eigenvalue weighted by Crippen LogP contribution is 2.77. The number of hydrogen-bond acceptors (Lipinski definition) is 6. The second-order valence-electron chi connectivity index (χ2n) is 16.6. The quantitative estimate of drug-likeness (QED) is 0.160. The summed E-state index contributed by atoms with van der Waals surface area (Å²) in [5.74, 6) is 1.98. The molecule has 6 rings (SSSR count). The van der Waals surface area contributed by atoms with Crippen LogP contribution in [0.4, 0.5) is 5.69 Å². The predicted molar refractivity (Wildman–Crippen MR) is 173 cm³/mol. The highest BCUT2D eigenvalue weighted by molar-refractivity contribution is 6.04. The molecule has 5 aliphatic rings. The fourth-order valence-corrected chi connectivity index (χ4v) is 12.6. The van der Waals surface area contributed by atoms with Crippen LogP contribution in [0.5, 0.6) is 0 Å². The maximum atomic E-state index is 14.1. The van der Waals surface area contributed by atoms with Gasteiger partial charge in [-0.2, -0.15) is 0 Å². The van der Waals surface area contributed by atoms with E-state index in [2.05, 4.69) is 48.1 Å². The third kappa shape index (κ3) is 4.11. The third-order valence-corrected chi connectivity index (χ3v) is 14.7. The second-order valence-corrected chi connectivity index (χ2v) is 16.6. The molecule has 0 amide bonds. The number of carbonyl (C=O) groups excluding carboxylic acids is 2. The fourth-order valence-electron chi connectivity index (χ4n) is 12.6. The van der Waals surface area contributed by atoms with Gasteiger partial charge in [-0.3, -0.25) is 14.8 Å². The molecule has 1 N–H and O–H groups in total. The van der Waals surface area contributed by atoms with E-state index in [0.717, 1.165) is 68.9 Å². The summed E-state index contributed by atoms with van der Waals surface area (Å²) in [6.07, 6.45) is 10.8. The number of ether oxygens (including phenoxy) is 1. The van der Waals surface area contributed by atoms with Crippen molar-refractivity contribution in [3.05, 3.63) is 52.8 Å². The van der Waals surface area contributed by atoms with E-state index in [-0.39, 0.29) is 50.7 Å². The van der Waals surface area contributed by atoms with E-state index in [9.17, 15) is 20.0 Å². The Morgan fingerprint density at radius 1 is 1.02 bits per heavy atom. The van der Waals surface area contributed by atoms with Gasteiger partial charge < -0.3 is 15.2 Å². The first-order valence-corrected chi connectivity index (χ1v) is 16.8. The van der Waals surface area contributed by atoms with Gasteiger partial charge in [0, 0.05) is 5.41 Å². The SMILES string of the molecule is C=C(C)[C@H]1CC[C@@]2(C(=O)OC)CC[C@]3(C)[C@@H](CC[C@H]4[C@@]5(C)CC(=Cc6cccc(N([O-])O)c6)C(=O)C(C)(C)[C@H]5CC[C@]43C)[C@H]12. The van der Waals surface area contributed by atoms with Crippen LogP contribution in [0.25, 0.3) is 6.08 Å². The number of rotatable bonds is 4. The highest BCUT2D eigenvalue weighted by Gasteiger charge is 2.72. The largest absolute Gasteiger partial charge is 0.733 e. The van der Waals surface area contributed by atoms with Gasteiger partial charge in [0.15, 0.2) is 5.78 Å². The monoisotopic (exact) mass is 602 g/mol. The number of nitrogens with zero attached hydrogens (tertiary/aromatic N) is 1. The number of fused-ring (bicyclic) bond motifs is 7. The van der Waals surface area contributed by atoms with Gasteiger partial charge >= 0.3 is 5.97 Å². The molecule has 1 aromatic carbocycles. The minimum Gasteiger partial charge on any atom is -0.733 e. The van der Waals surface area contributed by atoms with Gasteiger partial charge in [-0.15, -0.1) is 0 Å². The molecule has 0 aliphatic heterocycles. The first-order valence-electron chi connectivity index (χ1n) is 16.8. The molecule has 1 aromatic rings. The summed E-state index contributed by atoms with van der Waals surface area (Å²) < 4.78 is 5.53. The molecule has 0 bridgehead atoms. The number of allylic oxidation sites excluding steroid dienone is 2. The molecule has 0 unspecified atom stereocenters. The van der Waals surface area contributed by atoms with E-state index >= 15 is 0 Å². The van der Waals surface area contributed by atoms with Crippen molar-refractivity contribution < 1.29 is 19.5 Å². The lowest BCUT2D eigenvalue weighted by atomic mass is 9.32. The zero-order valence-corrected chi connectivity index (χ0v) is 27.9. The van der Waals surface area contributed by atoms with E-state index in [4.69, 9.17) is 4.74 Å². The van der Waals surface area contributed by atoms with Crippen LogP contribution in [-0.4, -0.2) is 24.1 Å². The van der Waals surface area contributed by atoms with E-state index in [0.29, 0.717) is 17.8 Å². The minimum atomic E-state index is -0.500. The third-order valence-electron chi connectivity index (χ3n) is 14.7. The second kappa shape index (κ2) is 10.3. The summed E-state index contributed by atoms with van der Waals surface area (Å²) >= 11 is 0. The summed E-state index contributed by atoms with van der Waals surface area (Å²) in [5.41, 5.74) is 2.13. The van der Waals surface area contributed by atoms with Gasteiger partial charge in [0.2, 0.25) is 0 Å². The predicted octanol–water partition coefficient (Wildman–Crippen LogP) is 8.77. The zero-order chi connectivity index (χ0) is 32.0. The Labute approximate surface area is 263 Å². The van der Waals surface area contributed by atoms with Crippen molar-refractivity contribution >= 4 is 23.5 Å². The summed E-state index contributed by atoms with van der Waals surface area (Å²) in [7, 11) is 1.56. The van der Waals surface area contributed by atoms with Gasteiger partial charge in [-0.05, 0) is 140 Å². The van der Waals surface area contributed by atoms with Crippen LogP contribution >= 0.6 is 0 Å². The number of Topliss-reactive ketones (excluding diaryl/α,β-unsaturated/α-hetero) is 1. The number of esters is 1. The average Bonchev–Trinajstić information content (AvgIpc) is 3.37. The molecule has 44 heavy (non-hydrogen) atoms. The molecule has 5 saturated carbocycles. The van der Waals surface area contributed by atoms with E-state index < -0.39 is 10.8 Å². The van der Waals surface area contributed by atoms with Crippen molar-refractivity contribution in [2.45, 2.75) is 99.3 Å². The molecule has 5 aliphatic carbocycles. The van der Waals surface area contributed by atoms with Crippen LogP contribution < -0.4 is 5.23 Å². The summed E-state index contributed by atoms with van der Waals surface area (Å²) in [6.45, 7) is 18.4. The van der Waals surface area contributed by atoms with Crippen molar-refractivity contribution in [2.75, 3.05) is 12.3 Å². The number of methoxy groups -OCH3 is 1. The van der Waals surface area contributed by atoms with Gasteiger partial charge in [0.25, 0.3) is 0 Å². The van der Waals surface area contributed by atoms with Crippen LogP contribution in [0.15, 0.2) is 42.0 Å². The fraction of sp³-hybridized carbons (Fsp3) is 0.684. The molecule has 6 nitrogen and oxygen atoms in total. The van der Waals surface area contributed by atoms with Crippen LogP contribution in [-0.2, 0) is 14.3 Å². The van der Waals surface area contributed by atoms with Crippen molar-refractivity contribution in [2.24, 2.45) is 56.7 Å². The van der Waals surface area contributed by atoms with Crippen LogP contribution in [0.3, 0.4) is 0 Å². The lowest BCUT2D eigenvalue weighted by Gasteiger charge is -2.72. The first kappa shape index (κ1) is 31.5. The smallest absolute Gasteiger partial charge is 0.312 e. The van der Waals surface area contributed by atoms with Crippen LogP contribution in [0.1, 0.15) is 105 Å². The first-order chi connectivity index (χ1) is 20.6. The number of carbonyl (C=O) groups is 2. The lowest BCUT2D eigenvalue weighted by molar-refractivity contribution is -0.232. The summed E-state index contributed by atoms with van der Waals surface area (Å²) in [5, 5.41) is 20.9. The molecule has 0 aromatic heterocycles. The normalized spacial score (nSPS) is 43.3. The molecule has 240 valence electrons. The maximum absolute atomic E-state index is 14.1. The Morgan fingerprint density at radius 3 is 2.41 bits per heavy atom. The topological polar surface area (TPSA) is 89.9 Å². The van der Waals surface area contributed by atoms with Crippen molar-refractivity contribution in [1.82, 2.24) is 0 Å². The Balaban J connectivity index is 1.41. The minimum absolute atomic E-state index is 0.0102. The summed E-state index contributed by atoms with van der Waals surface area (Å²) in [6, 6.07) is 6.83. The van der Waals surface area contributed by atoms with E-state index in [1.165, 1.54) is 5.57 Å². The molecule has 9 atom stereocenters. The number of anilines is 1. The molecule has 0 radical (unpaired) electrons. The summed E-state index contributed by atoms with van der Waals surface area (Å²) in [4.78, 5) is 27.7. The number of benzene rings is 1. The Hall–Kier alpha value is -2.44. The average molecular weight is 603 g/mol. The van der Waals surface area contributed by atoms with Crippen molar-refractivity contribution in [3.63, 3.8) is 0 Å². The zero-order valence-electron chi connectivity index (χ0n) is 27.9. The van der Waals surface area contributed by atoms with E-state index in [1.54, 1.807) is 25.3 Å². The van der Waals surface area contributed by atoms with Gasteiger partial charge in [-0.25, -0.2) is 0 Å². The molecule has 6 heteroatoms. The maximum Gasteiger partial charge on any atom is 0.312 e. The Bertz CT molecular complexity index is 1410. The van der Waals surface area contributed by atoms with Crippen LogP contribution in [0.2, 0.25) is 0 Å². The van der Waals surface area contributed by atoms with Crippen molar-refractivity contribution in [1.29, 1.82) is 0 Å². The molecule has 5 fully saturated rings. The number of ketones is 1. The van der Waals surface area contributed by atoms with E-state index in [1.807, 2.05) is 12.1 Å². The molecular formula is C38H52NO5-.